The summed E-state index contributed by atoms with van der Waals surface area (Å²) in [6.07, 6.45) is 2.29. The third-order valence-electron chi connectivity index (χ3n) is 5.62. The standard InChI is InChI=1S/C25H26N2O4S/c1-31-24-14-13-21(32(29,30)27-17-15-20-11-5-6-12-23(20)27)18-22(24)25(28)26-16-7-10-19-8-3-2-4-9-19/h2-6,8-9,11-14,18H,7,10,15-17H2,1H3,(H,26,28). The van der Waals surface area contributed by atoms with Crippen LogP contribution in [0.1, 0.15) is 27.9 Å². The summed E-state index contributed by atoms with van der Waals surface area (Å²) < 4.78 is 33.4. The highest BCUT2D eigenvalue weighted by Gasteiger charge is 2.31. The number of carbonyl (C=O) groups is 1. The molecule has 166 valence electrons. The summed E-state index contributed by atoms with van der Waals surface area (Å²) in [5, 5.41) is 2.88. The van der Waals surface area contributed by atoms with E-state index in [1.54, 1.807) is 0 Å². The first-order valence-corrected chi connectivity index (χ1v) is 12.1. The quantitative estimate of drug-likeness (QED) is 0.530. The van der Waals surface area contributed by atoms with Gasteiger partial charge in [0.1, 0.15) is 5.75 Å². The number of rotatable bonds is 8. The molecule has 0 saturated heterocycles. The number of hydrogen-bond acceptors (Lipinski definition) is 4. The highest BCUT2D eigenvalue weighted by Crippen LogP contribution is 2.33. The average Bonchev–Trinajstić information content (AvgIpc) is 3.27. The molecule has 32 heavy (non-hydrogen) atoms. The summed E-state index contributed by atoms with van der Waals surface area (Å²) in [6, 6.07) is 22.0. The maximum Gasteiger partial charge on any atom is 0.264 e. The Hall–Kier alpha value is -3.32. The number of aryl methyl sites for hydroxylation is 1. The molecule has 0 radical (unpaired) electrons. The van der Waals surface area contributed by atoms with Crippen LogP contribution in [-0.4, -0.2) is 34.5 Å². The monoisotopic (exact) mass is 450 g/mol. The molecular formula is C25H26N2O4S. The zero-order chi connectivity index (χ0) is 22.6. The van der Waals surface area contributed by atoms with E-state index in [2.05, 4.69) is 17.4 Å². The SMILES string of the molecule is COc1ccc(S(=O)(=O)N2CCc3ccccc32)cc1C(=O)NCCCc1ccccc1. The number of nitrogens with one attached hydrogen (secondary N) is 1. The van der Waals surface area contributed by atoms with Gasteiger partial charge in [0, 0.05) is 13.1 Å². The van der Waals surface area contributed by atoms with Crippen LogP contribution in [0.2, 0.25) is 0 Å². The number of benzene rings is 3. The van der Waals surface area contributed by atoms with Crippen molar-refractivity contribution in [3.63, 3.8) is 0 Å². The second kappa shape index (κ2) is 9.44. The fraction of sp³-hybridized carbons (Fsp3) is 0.240. The van der Waals surface area contributed by atoms with E-state index >= 15 is 0 Å². The molecule has 0 aromatic heterocycles. The van der Waals surface area contributed by atoms with Crippen LogP contribution in [0, 0.1) is 0 Å². The summed E-state index contributed by atoms with van der Waals surface area (Å²) in [6.45, 7) is 0.863. The van der Waals surface area contributed by atoms with Crippen molar-refractivity contribution in [3.05, 3.63) is 89.5 Å². The molecule has 1 amide bonds. The zero-order valence-electron chi connectivity index (χ0n) is 18.0. The van der Waals surface area contributed by atoms with Crippen molar-refractivity contribution < 1.29 is 17.9 Å². The molecule has 0 atom stereocenters. The third kappa shape index (κ3) is 4.48. The largest absolute Gasteiger partial charge is 0.496 e. The number of fused-ring (bicyclic) bond motifs is 1. The van der Waals surface area contributed by atoms with E-state index in [-0.39, 0.29) is 16.4 Å². The van der Waals surface area contributed by atoms with Gasteiger partial charge in [-0.25, -0.2) is 8.42 Å². The van der Waals surface area contributed by atoms with Gasteiger partial charge in [0.15, 0.2) is 0 Å². The molecule has 3 aromatic rings. The van der Waals surface area contributed by atoms with E-state index in [0.29, 0.717) is 30.9 Å². The second-order valence-electron chi connectivity index (χ2n) is 7.66. The van der Waals surface area contributed by atoms with Gasteiger partial charge in [-0.3, -0.25) is 9.10 Å². The molecule has 1 aliphatic rings. The van der Waals surface area contributed by atoms with Crippen molar-refractivity contribution in [1.82, 2.24) is 5.32 Å². The molecule has 1 aliphatic heterocycles. The van der Waals surface area contributed by atoms with Crippen LogP contribution in [0.4, 0.5) is 5.69 Å². The Morgan fingerprint density at radius 3 is 2.56 bits per heavy atom. The number of nitrogens with zero attached hydrogens (tertiary/aromatic N) is 1. The smallest absolute Gasteiger partial charge is 0.264 e. The fourth-order valence-electron chi connectivity index (χ4n) is 3.94. The van der Waals surface area contributed by atoms with Gasteiger partial charge in [0.05, 0.1) is 23.3 Å². The van der Waals surface area contributed by atoms with Crippen LogP contribution in [0.15, 0.2) is 77.7 Å². The molecule has 0 aliphatic carbocycles. The minimum absolute atomic E-state index is 0.0736. The van der Waals surface area contributed by atoms with Gasteiger partial charge >= 0.3 is 0 Å². The number of para-hydroxylation sites is 1. The minimum atomic E-state index is -3.80. The van der Waals surface area contributed by atoms with E-state index in [1.165, 1.54) is 35.2 Å². The van der Waals surface area contributed by atoms with Crippen molar-refractivity contribution in [2.24, 2.45) is 0 Å². The summed E-state index contributed by atoms with van der Waals surface area (Å²) >= 11 is 0. The Morgan fingerprint density at radius 1 is 1.03 bits per heavy atom. The number of amides is 1. The summed E-state index contributed by atoms with van der Waals surface area (Å²) in [5.74, 6) is -0.0138. The molecular weight excluding hydrogens is 424 g/mol. The molecule has 6 nitrogen and oxygen atoms in total. The summed E-state index contributed by atoms with van der Waals surface area (Å²) in [7, 11) is -2.33. The number of methoxy groups -OCH3 is 1. The lowest BCUT2D eigenvalue weighted by atomic mass is 10.1. The number of hydrogen-bond donors (Lipinski definition) is 1. The van der Waals surface area contributed by atoms with E-state index in [0.717, 1.165) is 18.4 Å². The number of anilines is 1. The molecule has 0 unspecified atom stereocenters. The predicted octanol–water partition coefficient (Wildman–Crippen LogP) is 3.81. The highest BCUT2D eigenvalue weighted by molar-refractivity contribution is 7.92. The average molecular weight is 451 g/mol. The molecule has 7 heteroatoms. The first-order valence-electron chi connectivity index (χ1n) is 10.6. The summed E-state index contributed by atoms with van der Waals surface area (Å²) in [4.78, 5) is 12.9. The number of sulfonamides is 1. The molecule has 4 rings (SSSR count). The second-order valence-corrected chi connectivity index (χ2v) is 9.53. The lowest BCUT2D eigenvalue weighted by molar-refractivity contribution is 0.0950. The molecule has 0 fully saturated rings. The van der Waals surface area contributed by atoms with Gasteiger partial charge in [0.2, 0.25) is 0 Å². The molecule has 0 bridgehead atoms. The Morgan fingerprint density at radius 2 is 1.78 bits per heavy atom. The van der Waals surface area contributed by atoms with Gasteiger partial charge in [-0.05, 0) is 54.7 Å². The first-order chi connectivity index (χ1) is 15.5. The third-order valence-corrected chi connectivity index (χ3v) is 7.43. The zero-order valence-corrected chi connectivity index (χ0v) is 18.8. The van der Waals surface area contributed by atoms with E-state index in [4.69, 9.17) is 4.74 Å². The van der Waals surface area contributed by atoms with Crippen molar-refractivity contribution in [3.8, 4) is 5.75 Å². The van der Waals surface area contributed by atoms with Gasteiger partial charge in [-0.2, -0.15) is 0 Å². The van der Waals surface area contributed by atoms with Crippen LogP contribution >= 0.6 is 0 Å². The van der Waals surface area contributed by atoms with Crippen LogP contribution in [0.25, 0.3) is 0 Å². The molecule has 0 saturated carbocycles. The number of carbonyl (C=O) groups excluding carboxylic acids is 1. The van der Waals surface area contributed by atoms with Crippen LogP contribution in [0.3, 0.4) is 0 Å². The van der Waals surface area contributed by atoms with Gasteiger partial charge in [-0.1, -0.05) is 48.5 Å². The van der Waals surface area contributed by atoms with Gasteiger partial charge in [-0.15, -0.1) is 0 Å². The lowest BCUT2D eigenvalue weighted by Crippen LogP contribution is -2.30. The van der Waals surface area contributed by atoms with E-state index in [9.17, 15) is 13.2 Å². The topological polar surface area (TPSA) is 75.7 Å². The maximum atomic E-state index is 13.3. The number of ether oxygens (including phenoxy) is 1. The van der Waals surface area contributed by atoms with Crippen LogP contribution in [-0.2, 0) is 22.9 Å². The minimum Gasteiger partial charge on any atom is -0.496 e. The lowest BCUT2D eigenvalue weighted by Gasteiger charge is -2.20. The van der Waals surface area contributed by atoms with Crippen molar-refractivity contribution in [1.29, 1.82) is 0 Å². The Labute approximate surface area is 188 Å². The Bertz CT molecular complexity index is 1210. The van der Waals surface area contributed by atoms with Crippen molar-refractivity contribution >= 4 is 21.6 Å². The van der Waals surface area contributed by atoms with Gasteiger partial charge in [0.25, 0.3) is 15.9 Å². The molecule has 3 aromatic carbocycles. The Balaban J connectivity index is 1.50. The van der Waals surface area contributed by atoms with Crippen LogP contribution in [0.5, 0.6) is 5.75 Å². The molecule has 1 N–H and O–H groups in total. The summed E-state index contributed by atoms with van der Waals surface area (Å²) in [5.41, 5.74) is 3.11. The fourth-order valence-corrected chi connectivity index (χ4v) is 5.47. The first kappa shape index (κ1) is 21.9. The maximum absolute atomic E-state index is 13.3. The van der Waals surface area contributed by atoms with E-state index in [1.807, 2.05) is 42.5 Å². The molecule has 0 spiro atoms. The molecule has 1 heterocycles. The highest BCUT2D eigenvalue weighted by atomic mass is 32.2. The van der Waals surface area contributed by atoms with Crippen molar-refractivity contribution in [2.45, 2.75) is 24.2 Å². The van der Waals surface area contributed by atoms with E-state index < -0.39 is 10.0 Å². The normalized spacial score (nSPS) is 13.0. The van der Waals surface area contributed by atoms with Crippen molar-refractivity contribution in [2.75, 3.05) is 24.5 Å². The predicted molar refractivity (Wildman–Crippen MR) is 125 cm³/mol. The van der Waals surface area contributed by atoms with Gasteiger partial charge < -0.3 is 10.1 Å². The Kier molecular flexibility index (Phi) is 6.46. The van der Waals surface area contributed by atoms with Crippen LogP contribution < -0.4 is 14.4 Å².